The Morgan fingerprint density at radius 2 is 1.63 bits per heavy atom. The molecule has 0 spiro atoms. The lowest BCUT2D eigenvalue weighted by atomic mass is 10.0. The summed E-state index contributed by atoms with van der Waals surface area (Å²) in [7, 11) is 0. The van der Waals surface area contributed by atoms with Crippen LogP contribution in [0, 0.1) is 0 Å². The van der Waals surface area contributed by atoms with Crippen LogP contribution in [-0.4, -0.2) is 16.8 Å². The van der Waals surface area contributed by atoms with Crippen molar-refractivity contribution in [2.24, 2.45) is 0 Å². The Morgan fingerprint density at radius 3 is 2.23 bits per heavy atom. The van der Waals surface area contributed by atoms with Crippen molar-refractivity contribution in [2.75, 3.05) is 16.0 Å². The molecule has 3 N–H and O–H groups in total. The van der Waals surface area contributed by atoms with Gasteiger partial charge >= 0.3 is 0 Å². The van der Waals surface area contributed by atoms with Crippen molar-refractivity contribution in [3.8, 4) is 11.3 Å². The van der Waals surface area contributed by atoms with Gasteiger partial charge in [-0.15, -0.1) is 11.3 Å². The van der Waals surface area contributed by atoms with Gasteiger partial charge in [0.1, 0.15) is 0 Å². The van der Waals surface area contributed by atoms with E-state index in [-0.39, 0.29) is 11.8 Å². The van der Waals surface area contributed by atoms with Crippen molar-refractivity contribution in [2.45, 2.75) is 40.5 Å². The fourth-order valence-corrected chi connectivity index (χ4v) is 4.02. The number of anilines is 4. The number of nitrogens with zero attached hydrogens (tertiary/aromatic N) is 1. The van der Waals surface area contributed by atoms with Crippen molar-refractivity contribution in [3.63, 3.8) is 0 Å². The van der Waals surface area contributed by atoms with E-state index < -0.39 is 0 Å². The molecular weight excluding hydrogens is 396 g/mol. The van der Waals surface area contributed by atoms with Crippen LogP contribution in [0.1, 0.15) is 38.8 Å². The normalized spacial score (nSPS) is 10.5. The molecule has 156 valence electrons. The molecule has 0 saturated heterocycles. The molecule has 0 aliphatic heterocycles. The fraction of sp³-hybridized carbons (Fsp3) is 0.261. The summed E-state index contributed by atoms with van der Waals surface area (Å²) in [5.41, 5.74) is 6.40. The molecule has 30 heavy (non-hydrogen) atoms. The number of benzene rings is 2. The van der Waals surface area contributed by atoms with E-state index in [4.69, 9.17) is 4.98 Å². The third kappa shape index (κ3) is 5.04. The second-order valence-electron chi connectivity index (χ2n) is 6.94. The van der Waals surface area contributed by atoms with Crippen LogP contribution in [0.15, 0.2) is 41.8 Å². The van der Waals surface area contributed by atoms with Crippen LogP contribution >= 0.6 is 11.3 Å². The lowest BCUT2D eigenvalue weighted by Crippen LogP contribution is -2.09. The molecular formula is C23H26N4O2S. The molecule has 2 amide bonds. The first kappa shape index (κ1) is 21.5. The third-order valence-electron chi connectivity index (χ3n) is 4.66. The van der Waals surface area contributed by atoms with Gasteiger partial charge in [-0.2, -0.15) is 0 Å². The zero-order valence-corrected chi connectivity index (χ0v) is 18.4. The first-order chi connectivity index (χ1) is 14.4. The molecule has 2 aromatic carbocycles. The summed E-state index contributed by atoms with van der Waals surface area (Å²) >= 11 is 1.52. The highest BCUT2D eigenvalue weighted by Gasteiger charge is 2.14. The zero-order valence-electron chi connectivity index (χ0n) is 17.6. The van der Waals surface area contributed by atoms with Gasteiger partial charge < -0.3 is 16.0 Å². The quantitative estimate of drug-likeness (QED) is 0.463. The Kier molecular flexibility index (Phi) is 6.84. The van der Waals surface area contributed by atoms with Crippen LogP contribution < -0.4 is 16.0 Å². The van der Waals surface area contributed by atoms with Gasteiger partial charge in [0, 0.05) is 36.2 Å². The van der Waals surface area contributed by atoms with Gasteiger partial charge in [-0.1, -0.05) is 32.0 Å². The standard InChI is InChI=1S/C23H26N4O2S/c1-5-16-8-7-9-17(6-2)22(16)27-23-26-21(13-30-23)19-11-10-18(24-14(3)28)12-20(19)25-15(4)29/h7-13H,5-6H2,1-4H3,(H,24,28)(H,25,29)(H,26,27). The molecule has 1 aromatic heterocycles. The first-order valence-electron chi connectivity index (χ1n) is 9.94. The predicted octanol–water partition coefficient (Wildman–Crippen LogP) is 5.60. The average Bonchev–Trinajstić information content (AvgIpc) is 3.15. The lowest BCUT2D eigenvalue weighted by Gasteiger charge is -2.13. The van der Waals surface area contributed by atoms with Crippen LogP contribution in [-0.2, 0) is 22.4 Å². The fourth-order valence-electron chi connectivity index (χ4n) is 3.31. The van der Waals surface area contributed by atoms with E-state index in [1.807, 2.05) is 11.4 Å². The van der Waals surface area contributed by atoms with Gasteiger partial charge in [0.25, 0.3) is 0 Å². The third-order valence-corrected chi connectivity index (χ3v) is 5.42. The highest BCUT2D eigenvalue weighted by atomic mass is 32.1. The maximum absolute atomic E-state index is 11.7. The molecule has 0 atom stereocenters. The van der Waals surface area contributed by atoms with Crippen molar-refractivity contribution in [3.05, 3.63) is 52.9 Å². The molecule has 0 aliphatic rings. The van der Waals surface area contributed by atoms with Crippen LogP contribution in [0.5, 0.6) is 0 Å². The number of carbonyl (C=O) groups excluding carboxylic acids is 2. The highest BCUT2D eigenvalue weighted by Crippen LogP contribution is 2.35. The largest absolute Gasteiger partial charge is 0.331 e. The van der Waals surface area contributed by atoms with Crippen molar-refractivity contribution >= 4 is 45.3 Å². The van der Waals surface area contributed by atoms with Gasteiger partial charge in [0.2, 0.25) is 11.8 Å². The van der Waals surface area contributed by atoms with Crippen LogP contribution in [0.2, 0.25) is 0 Å². The minimum absolute atomic E-state index is 0.169. The van der Waals surface area contributed by atoms with Crippen molar-refractivity contribution < 1.29 is 9.59 Å². The Hall–Kier alpha value is -3.19. The van der Waals surface area contributed by atoms with E-state index in [1.165, 1.54) is 36.3 Å². The van der Waals surface area contributed by atoms with Crippen LogP contribution in [0.4, 0.5) is 22.2 Å². The molecule has 0 unspecified atom stereocenters. The molecule has 3 rings (SSSR count). The maximum atomic E-state index is 11.7. The summed E-state index contributed by atoms with van der Waals surface area (Å²) in [6, 6.07) is 11.7. The number of carbonyl (C=O) groups is 2. The van der Waals surface area contributed by atoms with E-state index in [0.717, 1.165) is 34.9 Å². The SMILES string of the molecule is CCc1cccc(CC)c1Nc1nc(-c2ccc(NC(C)=O)cc2NC(C)=O)cs1. The molecule has 0 fully saturated rings. The number of hydrogen-bond donors (Lipinski definition) is 3. The Labute approximate surface area is 180 Å². The summed E-state index contributed by atoms with van der Waals surface area (Å²) in [6.07, 6.45) is 1.87. The predicted molar refractivity (Wildman–Crippen MR) is 125 cm³/mol. The second-order valence-corrected chi connectivity index (χ2v) is 7.80. The summed E-state index contributed by atoms with van der Waals surface area (Å²) in [5, 5.41) is 11.8. The minimum Gasteiger partial charge on any atom is -0.331 e. The minimum atomic E-state index is -0.186. The van der Waals surface area contributed by atoms with Gasteiger partial charge in [-0.25, -0.2) is 4.98 Å². The molecule has 3 aromatic rings. The average molecular weight is 423 g/mol. The Bertz CT molecular complexity index is 1050. The summed E-state index contributed by atoms with van der Waals surface area (Å²) in [6.45, 7) is 7.19. The van der Waals surface area contributed by atoms with Gasteiger partial charge in [-0.3, -0.25) is 9.59 Å². The van der Waals surface area contributed by atoms with Gasteiger partial charge in [-0.05, 0) is 42.2 Å². The Balaban J connectivity index is 1.94. The molecule has 0 radical (unpaired) electrons. The number of amides is 2. The summed E-state index contributed by atoms with van der Waals surface area (Å²) < 4.78 is 0. The number of aromatic nitrogens is 1. The van der Waals surface area contributed by atoms with Crippen molar-refractivity contribution in [1.82, 2.24) is 4.98 Å². The van der Waals surface area contributed by atoms with E-state index in [9.17, 15) is 9.59 Å². The van der Waals surface area contributed by atoms with E-state index in [0.29, 0.717) is 11.4 Å². The summed E-state index contributed by atoms with van der Waals surface area (Å²) in [5.74, 6) is -0.354. The number of thiazole rings is 1. The second kappa shape index (κ2) is 9.54. The first-order valence-corrected chi connectivity index (χ1v) is 10.8. The van der Waals surface area contributed by atoms with Crippen LogP contribution in [0.25, 0.3) is 11.3 Å². The van der Waals surface area contributed by atoms with Crippen LogP contribution in [0.3, 0.4) is 0 Å². The molecule has 0 saturated carbocycles. The number of aryl methyl sites for hydroxylation is 2. The maximum Gasteiger partial charge on any atom is 0.221 e. The number of nitrogens with one attached hydrogen (secondary N) is 3. The molecule has 0 bridgehead atoms. The Morgan fingerprint density at radius 1 is 0.967 bits per heavy atom. The van der Waals surface area contributed by atoms with Crippen molar-refractivity contribution in [1.29, 1.82) is 0 Å². The summed E-state index contributed by atoms with van der Waals surface area (Å²) in [4.78, 5) is 27.8. The molecule has 7 heteroatoms. The van der Waals surface area contributed by atoms with E-state index in [1.54, 1.807) is 12.1 Å². The van der Waals surface area contributed by atoms with Gasteiger partial charge in [0.05, 0.1) is 11.4 Å². The highest BCUT2D eigenvalue weighted by molar-refractivity contribution is 7.14. The number of hydrogen-bond acceptors (Lipinski definition) is 5. The lowest BCUT2D eigenvalue weighted by molar-refractivity contribution is -0.115. The number of para-hydroxylation sites is 1. The van der Waals surface area contributed by atoms with E-state index >= 15 is 0 Å². The van der Waals surface area contributed by atoms with E-state index in [2.05, 4.69) is 48.0 Å². The zero-order chi connectivity index (χ0) is 21.7. The monoisotopic (exact) mass is 422 g/mol. The molecule has 1 heterocycles. The van der Waals surface area contributed by atoms with Gasteiger partial charge in [0.15, 0.2) is 5.13 Å². The number of rotatable bonds is 7. The topological polar surface area (TPSA) is 83.1 Å². The smallest absolute Gasteiger partial charge is 0.221 e. The molecule has 0 aliphatic carbocycles. The molecule has 6 nitrogen and oxygen atoms in total.